The maximum atomic E-state index is 12.9. The zero-order valence-electron chi connectivity index (χ0n) is 19.3. The Morgan fingerprint density at radius 1 is 1.12 bits per heavy atom. The molecule has 8 heteroatoms. The SMILES string of the molecule is CCC(c1nnc(SC(C)C(=O)Nc2ccccc2OC)n1Cc1ccccc1)N(C)C. The van der Waals surface area contributed by atoms with Crippen LogP contribution >= 0.6 is 11.8 Å². The van der Waals surface area contributed by atoms with Crippen molar-refractivity contribution in [3.05, 3.63) is 66.0 Å². The normalized spacial score (nSPS) is 13.1. The standard InChI is InChI=1S/C24H31N5O2S/c1-6-20(28(3)4)22-26-27-24(29(22)16-18-12-8-7-9-13-18)32-17(2)23(30)25-19-14-10-11-15-21(19)31-5/h7-15,17,20H,6,16H2,1-5H3,(H,25,30). The van der Waals surface area contributed by atoms with Crippen LogP contribution in [-0.2, 0) is 11.3 Å². The molecule has 0 aliphatic heterocycles. The summed E-state index contributed by atoms with van der Waals surface area (Å²) in [6, 6.07) is 17.8. The van der Waals surface area contributed by atoms with E-state index < -0.39 is 0 Å². The van der Waals surface area contributed by atoms with Gasteiger partial charge in [-0.1, -0.05) is 61.2 Å². The van der Waals surface area contributed by atoms with Crippen LogP contribution in [0.3, 0.4) is 0 Å². The first-order valence-corrected chi connectivity index (χ1v) is 11.6. The maximum Gasteiger partial charge on any atom is 0.237 e. The fourth-order valence-corrected chi connectivity index (χ4v) is 4.38. The first kappa shape index (κ1) is 23.8. The highest BCUT2D eigenvalue weighted by Crippen LogP contribution is 2.30. The van der Waals surface area contributed by atoms with Gasteiger partial charge in [-0.3, -0.25) is 9.69 Å². The molecule has 170 valence electrons. The van der Waals surface area contributed by atoms with Gasteiger partial charge in [0.05, 0.1) is 30.6 Å². The lowest BCUT2D eigenvalue weighted by Gasteiger charge is -2.23. The Kier molecular flexibility index (Phi) is 8.30. The van der Waals surface area contributed by atoms with Crippen LogP contribution < -0.4 is 10.1 Å². The number of nitrogens with zero attached hydrogens (tertiary/aromatic N) is 4. The molecular weight excluding hydrogens is 422 g/mol. The van der Waals surface area contributed by atoms with E-state index in [4.69, 9.17) is 4.74 Å². The molecule has 0 spiro atoms. The quantitative estimate of drug-likeness (QED) is 0.457. The molecule has 1 N–H and O–H groups in total. The zero-order valence-corrected chi connectivity index (χ0v) is 20.1. The molecule has 2 aromatic carbocycles. The minimum Gasteiger partial charge on any atom is -0.495 e. The van der Waals surface area contributed by atoms with Crippen molar-refractivity contribution in [2.24, 2.45) is 0 Å². The predicted octanol–water partition coefficient (Wildman–Crippen LogP) is 4.47. The third kappa shape index (κ3) is 5.69. The molecule has 0 bridgehead atoms. The summed E-state index contributed by atoms with van der Waals surface area (Å²) in [5, 5.41) is 12.3. The van der Waals surface area contributed by atoms with Crippen LogP contribution in [0, 0.1) is 0 Å². The van der Waals surface area contributed by atoms with Crippen molar-refractivity contribution in [3.8, 4) is 5.75 Å². The topological polar surface area (TPSA) is 72.3 Å². The molecule has 0 fully saturated rings. The van der Waals surface area contributed by atoms with Crippen molar-refractivity contribution >= 4 is 23.4 Å². The van der Waals surface area contributed by atoms with Gasteiger partial charge >= 0.3 is 0 Å². The average Bonchev–Trinajstić information content (AvgIpc) is 3.16. The molecule has 3 aromatic rings. The molecule has 2 unspecified atom stereocenters. The van der Waals surface area contributed by atoms with Gasteiger partial charge in [0.15, 0.2) is 11.0 Å². The summed E-state index contributed by atoms with van der Waals surface area (Å²) in [5.74, 6) is 1.42. The van der Waals surface area contributed by atoms with E-state index in [0.717, 1.165) is 23.0 Å². The summed E-state index contributed by atoms with van der Waals surface area (Å²) in [6.45, 7) is 4.67. The van der Waals surface area contributed by atoms with E-state index in [1.54, 1.807) is 7.11 Å². The number of carbonyl (C=O) groups excluding carboxylic acids is 1. The van der Waals surface area contributed by atoms with E-state index in [-0.39, 0.29) is 17.2 Å². The smallest absolute Gasteiger partial charge is 0.237 e. The van der Waals surface area contributed by atoms with Crippen LogP contribution in [0.25, 0.3) is 0 Å². The number of nitrogens with one attached hydrogen (secondary N) is 1. The third-order valence-electron chi connectivity index (χ3n) is 5.25. The highest BCUT2D eigenvalue weighted by molar-refractivity contribution is 8.00. The number of ether oxygens (including phenoxy) is 1. The van der Waals surface area contributed by atoms with E-state index >= 15 is 0 Å². The van der Waals surface area contributed by atoms with Crippen molar-refractivity contribution < 1.29 is 9.53 Å². The molecule has 0 saturated heterocycles. The van der Waals surface area contributed by atoms with Crippen molar-refractivity contribution in [3.63, 3.8) is 0 Å². The fraction of sp³-hybridized carbons (Fsp3) is 0.375. The number of rotatable bonds is 10. The van der Waals surface area contributed by atoms with Gasteiger partial charge in [-0.05, 0) is 45.1 Å². The molecular formula is C24H31N5O2S. The summed E-state index contributed by atoms with van der Waals surface area (Å²) in [4.78, 5) is 15.1. The van der Waals surface area contributed by atoms with E-state index in [2.05, 4.69) is 44.0 Å². The largest absolute Gasteiger partial charge is 0.495 e. The van der Waals surface area contributed by atoms with E-state index in [1.807, 2.05) is 63.5 Å². The Bertz CT molecular complexity index is 1020. The van der Waals surface area contributed by atoms with Crippen LogP contribution in [0.4, 0.5) is 5.69 Å². The number of amides is 1. The highest BCUT2D eigenvalue weighted by Gasteiger charge is 2.25. The first-order chi connectivity index (χ1) is 15.4. The number of anilines is 1. The number of carbonyl (C=O) groups is 1. The summed E-state index contributed by atoms with van der Waals surface area (Å²) >= 11 is 1.41. The van der Waals surface area contributed by atoms with Gasteiger partial charge in [0.25, 0.3) is 0 Å². The number of benzene rings is 2. The van der Waals surface area contributed by atoms with E-state index in [0.29, 0.717) is 18.0 Å². The molecule has 1 heterocycles. The Balaban J connectivity index is 1.84. The second-order valence-electron chi connectivity index (χ2n) is 7.75. The molecule has 2 atom stereocenters. The summed E-state index contributed by atoms with van der Waals surface area (Å²) in [7, 11) is 5.68. The van der Waals surface area contributed by atoms with E-state index in [9.17, 15) is 4.79 Å². The number of para-hydroxylation sites is 2. The Hall–Kier alpha value is -2.84. The molecule has 1 aromatic heterocycles. The van der Waals surface area contributed by atoms with Crippen LogP contribution in [0.5, 0.6) is 5.75 Å². The number of methoxy groups -OCH3 is 1. The van der Waals surface area contributed by atoms with Crippen LogP contribution in [-0.4, -0.2) is 52.0 Å². The average molecular weight is 454 g/mol. The van der Waals surface area contributed by atoms with Crippen LogP contribution in [0.1, 0.15) is 37.7 Å². The summed E-state index contributed by atoms with van der Waals surface area (Å²) in [6.07, 6.45) is 0.911. The van der Waals surface area contributed by atoms with Gasteiger partial charge in [-0.25, -0.2) is 0 Å². The van der Waals surface area contributed by atoms with Crippen molar-refractivity contribution in [2.45, 2.75) is 43.3 Å². The predicted molar refractivity (Wildman–Crippen MR) is 129 cm³/mol. The van der Waals surface area contributed by atoms with Crippen LogP contribution in [0.15, 0.2) is 59.8 Å². The number of hydrogen-bond acceptors (Lipinski definition) is 6. The Morgan fingerprint density at radius 2 is 1.81 bits per heavy atom. The minimum absolute atomic E-state index is 0.116. The lowest BCUT2D eigenvalue weighted by Crippen LogP contribution is -2.25. The van der Waals surface area contributed by atoms with Gasteiger partial charge in [0.1, 0.15) is 5.75 Å². The molecule has 32 heavy (non-hydrogen) atoms. The molecule has 0 radical (unpaired) electrons. The molecule has 0 saturated carbocycles. The monoisotopic (exact) mass is 453 g/mol. The molecule has 0 aliphatic carbocycles. The lowest BCUT2D eigenvalue weighted by atomic mass is 10.2. The Morgan fingerprint density at radius 3 is 2.47 bits per heavy atom. The zero-order chi connectivity index (χ0) is 23.1. The molecule has 1 amide bonds. The maximum absolute atomic E-state index is 12.9. The van der Waals surface area contributed by atoms with Crippen molar-refractivity contribution in [2.75, 3.05) is 26.5 Å². The van der Waals surface area contributed by atoms with Gasteiger partial charge in [0.2, 0.25) is 5.91 Å². The van der Waals surface area contributed by atoms with E-state index in [1.165, 1.54) is 11.8 Å². The number of hydrogen-bond donors (Lipinski definition) is 1. The van der Waals surface area contributed by atoms with Gasteiger partial charge < -0.3 is 14.6 Å². The number of aromatic nitrogens is 3. The fourth-order valence-electron chi connectivity index (χ4n) is 3.52. The third-order valence-corrected chi connectivity index (χ3v) is 6.33. The minimum atomic E-state index is -0.370. The molecule has 7 nitrogen and oxygen atoms in total. The van der Waals surface area contributed by atoms with Crippen molar-refractivity contribution in [1.29, 1.82) is 0 Å². The van der Waals surface area contributed by atoms with Gasteiger partial charge in [0, 0.05) is 0 Å². The molecule has 0 aliphatic rings. The van der Waals surface area contributed by atoms with Gasteiger partial charge in [-0.15, -0.1) is 10.2 Å². The summed E-state index contributed by atoms with van der Waals surface area (Å²) in [5.41, 5.74) is 1.81. The summed E-state index contributed by atoms with van der Waals surface area (Å²) < 4.78 is 7.47. The Labute approximate surface area is 194 Å². The number of thioether (sulfide) groups is 1. The van der Waals surface area contributed by atoms with Gasteiger partial charge in [-0.2, -0.15) is 0 Å². The molecule has 3 rings (SSSR count). The first-order valence-electron chi connectivity index (χ1n) is 10.7. The second-order valence-corrected chi connectivity index (χ2v) is 9.06. The lowest BCUT2D eigenvalue weighted by molar-refractivity contribution is -0.115. The van der Waals surface area contributed by atoms with Crippen LogP contribution in [0.2, 0.25) is 0 Å². The second kappa shape index (κ2) is 11.2. The highest BCUT2D eigenvalue weighted by atomic mass is 32.2. The van der Waals surface area contributed by atoms with Crippen molar-refractivity contribution in [1.82, 2.24) is 19.7 Å².